The van der Waals surface area contributed by atoms with Gasteiger partial charge in [0.25, 0.3) is 0 Å². The van der Waals surface area contributed by atoms with Crippen LogP contribution in [0.1, 0.15) is 39.0 Å². The highest BCUT2D eigenvalue weighted by molar-refractivity contribution is 6.00. The van der Waals surface area contributed by atoms with Crippen LogP contribution in [-0.4, -0.2) is 16.2 Å². The molecule has 0 bridgehead atoms. The molecule has 25 heavy (non-hydrogen) atoms. The van der Waals surface area contributed by atoms with E-state index in [2.05, 4.69) is 58.8 Å². The van der Waals surface area contributed by atoms with E-state index in [-0.39, 0.29) is 0 Å². The molecule has 1 unspecified atom stereocenters. The molecule has 1 heterocycles. The molecule has 0 aliphatic heterocycles. The van der Waals surface area contributed by atoms with Crippen molar-refractivity contribution in [2.45, 2.75) is 45.1 Å². The predicted molar refractivity (Wildman–Crippen MR) is 105 cm³/mol. The molecule has 3 nitrogen and oxygen atoms in total. The average molecular weight is 331 g/mol. The standard InChI is InChI=1S/C22H25N3/c1-16(17-10-4-2-5-11-17)23-22-20-15-9-8-14-19(20)21(24-25-22)18-12-6-3-7-13-18/h3,6-9,12-17H,2,4-5,10-11H2,1H3,(H,23,25). The summed E-state index contributed by atoms with van der Waals surface area (Å²) >= 11 is 0. The van der Waals surface area contributed by atoms with Crippen molar-refractivity contribution in [3.63, 3.8) is 0 Å². The zero-order valence-electron chi connectivity index (χ0n) is 14.8. The third kappa shape index (κ3) is 3.37. The SMILES string of the molecule is CC(Nc1nnc(-c2ccccc2)c2ccccc12)C1CCCCC1. The molecule has 1 saturated carbocycles. The van der Waals surface area contributed by atoms with E-state index < -0.39 is 0 Å². The fourth-order valence-corrected chi connectivity index (χ4v) is 3.99. The van der Waals surface area contributed by atoms with Crippen LogP contribution < -0.4 is 5.32 Å². The van der Waals surface area contributed by atoms with Crippen LogP contribution in [0.3, 0.4) is 0 Å². The Morgan fingerprint density at radius 2 is 1.52 bits per heavy atom. The van der Waals surface area contributed by atoms with Gasteiger partial charge in [-0.1, -0.05) is 73.9 Å². The highest BCUT2D eigenvalue weighted by atomic mass is 15.2. The fourth-order valence-electron chi connectivity index (χ4n) is 3.99. The number of nitrogens with zero attached hydrogens (tertiary/aromatic N) is 2. The van der Waals surface area contributed by atoms with E-state index in [9.17, 15) is 0 Å². The second-order valence-corrected chi connectivity index (χ2v) is 7.14. The Kier molecular flexibility index (Phi) is 4.64. The molecule has 0 spiro atoms. The number of rotatable bonds is 4. The number of nitrogens with one attached hydrogen (secondary N) is 1. The highest BCUT2D eigenvalue weighted by Crippen LogP contribution is 2.32. The first kappa shape index (κ1) is 16.1. The molecule has 1 aromatic heterocycles. The van der Waals surface area contributed by atoms with E-state index in [1.54, 1.807) is 0 Å². The number of aromatic nitrogens is 2. The van der Waals surface area contributed by atoms with Crippen molar-refractivity contribution in [2.75, 3.05) is 5.32 Å². The monoisotopic (exact) mass is 331 g/mol. The lowest BCUT2D eigenvalue weighted by Crippen LogP contribution is -2.28. The second kappa shape index (κ2) is 7.22. The molecule has 0 amide bonds. The van der Waals surface area contributed by atoms with E-state index in [4.69, 9.17) is 0 Å². The van der Waals surface area contributed by atoms with Crippen LogP contribution in [0.4, 0.5) is 5.82 Å². The first-order chi connectivity index (χ1) is 12.3. The summed E-state index contributed by atoms with van der Waals surface area (Å²) in [6.07, 6.45) is 6.74. The smallest absolute Gasteiger partial charge is 0.156 e. The normalized spacial score (nSPS) is 16.7. The van der Waals surface area contributed by atoms with Crippen LogP contribution in [0.2, 0.25) is 0 Å². The first-order valence-electron chi connectivity index (χ1n) is 9.40. The van der Waals surface area contributed by atoms with E-state index in [1.165, 1.54) is 32.1 Å². The molecule has 1 fully saturated rings. The third-order valence-electron chi connectivity index (χ3n) is 5.46. The highest BCUT2D eigenvalue weighted by Gasteiger charge is 2.21. The minimum absolute atomic E-state index is 0.431. The van der Waals surface area contributed by atoms with Crippen molar-refractivity contribution >= 4 is 16.6 Å². The quantitative estimate of drug-likeness (QED) is 0.668. The van der Waals surface area contributed by atoms with Crippen LogP contribution in [-0.2, 0) is 0 Å². The van der Waals surface area contributed by atoms with Crippen molar-refractivity contribution in [1.82, 2.24) is 10.2 Å². The zero-order chi connectivity index (χ0) is 17.1. The average Bonchev–Trinajstić information content (AvgIpc) is 2.69. The van der Waals surface area contributed by atoms with Gasteiger partial charge in [-0.2, -0.15) is 0 Å². The molecular weight excluding hydrogens is 306 g/mol. The molecule has 1 aliphatic rings. The lowest BCUT2D eigenvalue weighted by atomic mass is 9.84. The summed E-state index contributed by atoms with van der Waals surface area (Å²) < 4.78 is 0. The fraction of sp³-hybridized carbons (Fsp3) is 0.364. The van der Waals surface area contributed by atoms with Gasteiger partial charge in [0.15, 0.2) is 5.82 Å². The first-order valence-corrected chi connectivity index (χ1v) is 9.40. The summed E-state index contributed by atoms with van der Waals surface area (Å²) in [5.74, 6) is 1.65. The van der Waals surface area contributed by atoms with Gasteiger partial charge in [0, 0.05) is 22.4 Å². The Hall–Kier alpha value is -2.42. The van der Waals surface area contributed by atoms with Gasteiger partial charge in [-0.3, -0.25) is 0 Å². The van der Waals surface area contributed by atoms with Gasteiger partial charge in [-0.05, 0) is 25.7 Å². The van der Waals surface area contributed by atoms with Crippen LogP contribution in [0, 0.1) is 5.92 Å². The Balaban J connectivity index is 1.69. The van der Waals surface area contributed by atoms with E-state index in [0.717, 1.165) is 33.8 Å². The van der Waals surface area contributed by atoms with Gasteiger partial charge in [-0.25, -0.2) is 0 Å². The van der Waals surface area contributed by atoms with Crippen molar-refractivity contribution in [1.29, 1.82) is 0 Å². The molecule has 128 valence electrons. The minimum atomic E-state index is 0.431. The van der Waals surface area contributed by atoms with Gasteiger partial charge < -0.3 is 5.32 Å². The third-order valence-corrected chi connectivity index (χ3v) is 5.46. The summed E-state index contributed by atoms with van der Waals surface area (Å²) in [5, 5.41) is 15.1. The summed E-state index contributed by atoms with van der Waals surface area (Å²) in [4.78, 5) is 0. The summed E-state index contributed by atoms with van der Waals surface area (Å²) in [5.41, 5.74) is 2.06. The minimum Gasteiger partial charge on any atom is -0.365 e. The number of anilines is 1. The van der Waals surface area contributed by atoms with Crippen molar-refractivity contribution in [3.05, 3.63) is 54.6 Å². The molecule has 1 aliphatic carbocycles. The van der Waals surface area contributed by atoms with E-state index in [0.29, 0.717) is 6.04 Å². The Morgan fingerprint density at radius 1 is 0.840 bits per heavy atom. The molecule has 2 aromatic carbocycles. The molecule has 3 heteroatoms. The summed E-state index contributed by atoms with van der Waals surface area (Å²) in [6.45, 7) is 2.29. The lowest BCUT2D eigenvalue weighted by Gasteiger charge is -2.28. The van der Waals surface area contributed by atoms with E-state index >= 15 is 0 Å². The largest absolute Gasteiger partial charge is 0.365 e. The molecule has 1 atom stereocenters. The van der Waals surface area contributed by atoms with Crippen molar-refractivity contribution in [2.24, 2.45) is 5.92 Å². The molecule has 1 N–H and O–H groups in total. The van der Waals surface area contributed by atoms with Crippen LogP contribution in [0.15, 0.2) is 54.6 Å². The predicted octanol–water partition coefficient (Wildman–Crippen LogP) is 5.68. The summed E-state index contributed by atoms with van der Waals surface area (Å²) in [6, 6.07) is 19.2. The van der Waals surface area contributed by atoms with Gasteiger partial charge >= 0.3 is 0 Å². The molecular formula is C22H25N3. The number of hydrogen-bond donors (Lipinski definition) is 1. The summed E-state index contributed by atoms with van der Waals surface area (Å²) in [7, 11) is 0. The molecule has 4 rings (SSSR count). The maximum absolute atomic E-state index is 4.56. The van der Waals surface area contributed by atoms with Crippen LogP contribution in [0.5, 0.6) is 0 Å². The number of benzene rings is 2. The topological polar surface area (TPSA) is 37.8 Å². The molecule has 0 saturated heterocycles. The zero-order valence-corrected chi connectivity index (χ0v) is 14.8. The van der Waals surface area contributed by atoms with Crippen molar-refractivity contribution < 1.29 is 0 Å². The van der Waals surface area contributed by atoms with Gasteiger partial charge in [0.05, 0.1) is 0 Å². The van der Waals surface area contributed by atoms with Gasteiger partial charge in [-0.15, -0.1) is 10.2 Å². The Bertz CT molecular complexity index is 838. The maximum atomic E-state index is 4.56. The molecule has 0 radical (unpaired) electrons. The molecule has 3 aromatic rings. The lowest BCUT2D eigenvalue weighted by molar-refractivity contribution is 0.328. The van der Waals surface area contributed by atoms with Crippen LogP contribution in [0.25, 0.3) is 22.0 Å². The van der Waals surface area contributed by atoms with Crippen molar-refractivity contribution in [3.8, 4) is 11.3 Å². The van der Waals surface area contributed by atoms with Gasteiger partial charge in [0.2, 0.25) is 0 Å². The maximum Gasteiger partial charge on any atom is 0.156 e. The Labute approximate surface area is 149 Å². The van der Waals surface area contributed by atoms with Crippen LogP contribution >= 0.6 is 0 Å². The van der Waals surface area contributed by atoms with E-state index in [1.807, 2.05) is 18.2 Å². The van der Waals surface area contributed by atoms with Gasteiger partial charge in [0.1, 0.15) is 5.69 Å². The Morgan fingerprint density at radius 3 is 2.28 bits per heavy atom. The second-order valence-electron chi connectivity index (χ2n) is 7.14. The number of fused-ring (bicyclic) bond motifs is 1. The number of hydrogen-bond acceptors (Lipinski definition) is 3.